The van der Waals surface area contributed by atoms with Crippen LogP contribution >= 0.6 is 0 Å². The molecule has 1 aromatic carbocycles. The monoisotopic (exact) mass is 268 g/mol. The van der Waals surface area contributed by atoms with E-state index in [1.807, 2.05) is 49.7 Å². The van der Waals surface area contributed by atoms with Crippen molar-refractivity contribution in [1.29, 1.82) is 0 Å². The van der Waals surface area contributed by atoms with Gasteiger partial charge in [0.25, 0.3) is 5.91 Å². The lowest BCUT2D eigenvalue weighted by Crippen LogP contribution is -2.12. The molecule has 20 heavy (non-hydrogen) atoms. The second-order valence-corrected chi connectivity index (χ2v) is 4.97. The van der Waals surface area contributed by atoms with Gasteiger partial charge in [-0.2, -0.15) is 5.10 Å². The van der Waals surface area contributed by atoms with Crippen LogP contribution in [0.3, 0.4) is 0 Å². The lowest BCUT2D eigenvalue weighted by Gasteiger charge is -2.05. The first-order chi connectivity index (χ1) is 9.56. The number of carbonyl (C=O) groups excluding carboxylic acids is 1. The average Bonchev–Trinajstić information content (AvgIpc) is 2.98. The van der Waals surface area contributed by atoms with Crippen LogP contribution in [-0.4, -0.2) is 20.7 Å². The van der Waals surface area contributed by atoms with E-state index in [9.17, 15) is 4.79 Å². The van der Waals surface area contributed by atoms with Crippen LogP contribution < -0.4 is 5.32 Å². The first-order valence-corrected chi connectivity index (χ1v) is 6.43. The number of carbonyl (C=O) groups is 1. The quantitative estimate of drug-likeness (QED) is 0.750. The number of hydrogen-bond donors (Lipinski definition) is 2. The molecule has 3 aromatic rings. The zero-order valence-electron chi connectivity index (χ0n) is 11.7. The van der Waals surface area contributed by atoms with E-state index in [0.717, 1.165) is 28.0 Å². The van der Waals surface area contributed by atoms with Gasteiger partial charge in [-0.3, -0.25) is 9.89 Å². The van der Waals surface area contributed by atoms with Gasteiger partial charge in [-0.15, -0.1) is 0 Å². The number of nitrogens with zero attached hydrogens (tertiary/aromatic N) is 2. The lowest BCUT2D eigenvalue weighted by atomic mass is 10.2. The minimum Gasteiger partial charge on any atom is -0.351 e. The number of hydrogen-bond acceptors (Lipinski definition) is 2. The molecule has 102 valence electrons. The van der Waals surface area contributed by atoms with E-state index in [0.29, 0.717) is 5.56 Å². The second-order valence-electron chi connectivity index (χ2n) is 4.97. The van der Waals surface area contributed by atoms with Gasteiger partial charge in [0.15, 0.2) is 0 Å². The van der Waals surface area contributed by atoms with Crippen molar-refractivity contribution in [3.63, 3.8) is 0 Å². The molecule has 3 rings (SSSR count). The van der Waals surface area contributed by atoms with Gasteiger partial charge in [-0.05, 0) is 38.1 Å². The van der Waals surface area contributed by atoms with Gasteiger partial charge in [0.2, 0.25) is 0 Å². The summed E-state index contributed by atoms with van der Waals surface area (Å²) < 4.78 is 2.01. The summed E-state index contributed by atoms with van der Waals surface area (Å²) in [7, 11) is 1.96. The standard InChI is InChI=1S/C15H16N4O/c1-9-6-13(10(2)19(9)3)15(20)17-12-5-4-11-8-16-18-14(11)7-12/h4-8H,1-3H3,(H,16,18)(H,17,20). The van der Waals surface area contributed by atoms with Crippen LogP contribution in [0.2, 0.25) is 0 Å². The molecule has 0 atom stereocenters. The SMILES string of the molecule is Cc1cc(C(=O)Nc2ccc3cn[nH]c3c2)c(C)n1C. The molecule has 2 aromatic heterocycles. The summed E-state index contributed by atoms with van der Waals surface area (Å²) in [5.74, 6) is -0.0925. The Labute approximate surface area is 116 Å². The number of nitrogens with one attached hydrogen (secondary N) is 2. The van der Waals surface area contributed by atoms with Crippen LogP contribution in [0.25, 0.3) is 10.9 Å². The summed E-state index contributed by atoms with van der Waals surface area (Å²) in [5, 5.41) is 10.8. The molecule has 5 heteroatoms. The predicted octanol–water partition coefficient (Wildman–Crippen LogP) is 2.77. The van der Waals surface area contributed by atoms with E-state index < -0.39 is 0 Å². The number of H-pyrrole nitrogens is 1. The number of amides is 1. The second kappa shape index (κ2) is 4.52. The van der Waals surface area contributed by atoms with Crippen molar-refractivity contribution in [2.75, 3.05) is 5.32 Å². The van der Waals surface area contributed by atoms with Gasteiger partial charge in [-0.25, -0.2) is 0 Å². The third-order valence-corrected chi connectivity index (χ3v) is 3.72. The van der Waals surface area contributed by atoms with Crippen LogP contribution in [0.5, 0.6) is 0 Å². The molecule has 0 spiro atoms. The smallest absolute Gasteiger partial charge is 0.257 e. The van der Waals surface area contributed by atoms with Crippen LogP contribution in [0, 0.1) is 13.8 Å². The van der Waals surface area contributed by atoms with Gasteiger partial charge in [0.1, 0.15) is 0 Å². The number of rotatable bonds is 2. The molecule has 0 unspecified atom stereocenters. The number of aryl methyl sites for hydroxylation is 1. The highest BCUT2D eigenvalue weighted by Gasteiger charge is 2.14. The molecule has 2 heterocycles. The average molecular weight is 268 g/mol. The number of aromatic amines is 1. The fraction of sp³-hybridized carbons (Fsp3) is 0.200. The van der Waals surface area contributed by atoms with Gasteiger partial charge in [-0.1, -0.05) is 0 Å². The van der Waals surface area contributed by atoms with Gasteiger partial charge in [0, 0.05) is 29.5 Å². The normalized spacial score (nSPS) is 10.9. The van der Waals surface area contributed by atoms with E-state index in [4.69, 9.17) is 0 Å². The molecule has 0 bridgehead atoms. The molecule has 0 aliphatic carbocycles. The Morgan fingerprint density at radius 3 is 2.80 bits per heavy atom. The van der Waals surface area contributed by atoms with Crippen LogP contribution in [-0.2, 0) is 7.05 Å². The summed E-state index contributed by atoms with van der Waals surface area (Å²) in [5.41, 5.74) is 4.39. The van der Waals surface area contributed by atoms with E-state index in [1.165, 1.54) is 0 Å². The number of anilines is 1. The highest BCUT2D eigenvalue weighted by atomic mass is 16.1. The maximum absolute atomic E-state index is 12.3. The van der Waals surface area contributed by atoms with Crippen LogP contribution in [0.15, 0.2) is 30.5 Å². The Morgan fingerprint density at radius 1 is 1.30 bits per heavy atom. The lowest BCUT2D eigenvalue weighted by molar-refractivity contribution is 0.102. The summed E-state index contributed by atoms with van der Waals surface area (Å²) in [4.78, 5) is 12.3. The topological polar surface area (TPSA) is 62.7 Å². The third-order valence-electron chi connectivity index (χ3n) is 3.72. The predicted molar refractivity (Wildman–Crippen MR) is 78.9 cm³/mol. The molecule has 2 N–H and O–H groups in total. The summed E-state index contributed by atoms with van der Waals surface area (Å²) >= 11 is 0. The molecule has 0 aliphatic rings. The zero-order chi connectivity index (χ0) is 14.3. The molecule has 1 amide bonds. The molecule has 0 radical (unpaired) electrons. The van der Waals surface area contributed by atoms with Crippen molar-refractivity contribution in [1.82, 2.24) is 14.8 Å². The third kappa shape index (κ3) is 1.97. The van der Waals surface area contributed by atoms with Gasteiger partial charge < -0.3 is 9.88 Å². The first kappa shape index (κ1) is 12.5. The number of aromatic nitrogens is 3. The summed E-state index contributed by atoms with van der Waals surface area (Å²) in [6.45, 7) is 3.93. The molecule has 5 nitrogen and oxygen atoms in total. The zero-order valence-corrected chi connectivity index (χ0v) is 11.7. The van der Waals surface area contributed by atoms with Gasteiger partial charge in [0.05, 0.1) is 17.3 Å². The van der Waals surface area contributed by atoms with E-state index in [2.05, 4.69) is 15.5 Å². The van der Waals surface area contributed by atoms with E-state index >= 15 is 0 Å². The fourth-order valence-corrected chi connectivity index (χ4v) is 2.30. The highest BCUT2D eigenvalue weighted by molar-refractivity contribution is 6.06. The molecular weight excluding hydrogens is 252 g/mol. The minimum absolute atomic E-state index is 0.0925. The van der Waals surface area contributed by atoms with Crippen molar-refractivity contribution >= 4 is 22.5 Å². The van der Waals surface area contributed by atoms with Crippen LogP contribution in [0.4, 0.5) is 5.69 Å². The fourth-order valence-electron chi connectivity index (χ4n) is 2.30. The largest absolute Gasteiger partial charge is 0.351 e. The van der Waals surface area contributed by atoms with Crippen LogP contribution in [0.1, 0.15) is 21.7 Å². The number of benzene rings is 1. The van der Waals surface area contributed by atoms with E-state index in [-0.39, 0.29) is 5.91 Å². The molecule has 0 fully saturated rings. The first-order valence-electron chi connectivity index (χ1n) is 6.43. The Kier molecular flexibility index (Phi) is 2.82. The summed E-state index contributed by atoms with van der Waals surface area (Å²) in [6.07, 6.45) is 1.76. The Morgan fingerprint density at radius 2 is 2.10 bits per heavy atom. The highest BCUT2D eigenvalue weighted by Crippen LogP contribution is 2.19. The van der Waals surface area contributed by atoms with Crippen molar-refractivity contribution in [2.45, 2.75) is 13.8 Å². The summed E-state index contributed by atoms with van der Waals surface area (Å²) in [6, 6.07) is 7.59. The minimum atomic E-state index is -0.0925. The van der Waals surface area contributed by atoms with Crippen molar-refractivity contribution < 1.29 is 4.79 Å². The van der Waals surface area contributed by atoms with Crippen molar-refractivity contribution in [3.8, 4) is 0 Å². The Bertz CT molecular complexity index is 797. The van der Waals surface area contributed by atoms with Crippen molar-refractivity contribution in [3.05, 3.63) is 47.4 Å². The molecule has 0 saturated heterocycles. The molecular formula is C15H16N4O. The molecule has 0 saturated carbocycles. The Hall–Kier alpha value is -2.56. The Balaban J connectivity index is 1.89. The van der Waals surface area contributed by atoms with Gasteiger partial charge >= 0.3 is 0 Å². The maximum Gasteiger partial charge on any atom is 0.257 e. The van der Waals surface area contributed by atoms with E-state index in [1.54, 1.807) is 6.20 Å². The number of fused-ring (bicyclic) bond motifs is 1. The van der Waals surface area contributed by atoms with Crippen molar-refractivity contribution in [2.24, 2.45) is 7.05 Å². The molecule has 0 aliphatic heterocycles. The maximum atomic E-state index is 12.3.